The lowest BCUT2D eigenvalue weighted by Crippen LogP contribution is -2.66. The molecule has 0 spiro atoms. The van der Waals surface area contributed by atoms with Crippen LogP contribution in [0.3, 0.4) is 0 Å². The molecule has 4 rings (SSSR count). The second-order valence-corrected chi connectivity index (χ2v) is 24.4. The lowest BCUT2D eigenvalue weighted by atomic mass is 9.62. The van der Waals surface area contributed by atoms with Gasteiger partial charge in [0.1, 0.15) is 5.78 Å². The van der Waals surface area contributed by atoms with Gasteiger partial charge in [-0.2, -0.15) is 0 Å². The number of hydrogen-bond donors (Lipinski definition) is 0. The largest absolute Gasteiger partial charge is 0.547 e. The molecule has 3 nitrogen and oxygen atoms in total. The standard InChI is InChI=1S/C37H54O3Si2/c1-27-24-29-26-34(40-41(9,10)36(3,4)5)28(2)32(35(29)33(38)25-27)22-17-23-39-42(37(6,7)8,30-18-13-11-14-19-30)31-20-15-12-16-21-31/h11-22,27,29,32,35H,23-26H2,1-10H3/b22-17+/t27-,29+,32+,35+/m1/s1. The number of hydrogen-bond acceptors (Lipinski definition) is 3. The van der Waals surface area contributed by atoms with E-state index >= 15 is 0 Å². The van der Waals surface area contributed by atoms with E-state index in [2.05, 4.69) is 141 Å². The van der Waals surface area contributed by atoms with E-state index in [1.807, 2.05) is 0 Å². The summed E-state index contributed by atoms with van der Waals surface area (Å²) in [6, 6.07) is 21.6. The monoisotopic (exact) mass is 602 g/mol. The molecule has 0 amide bonds. The third kappa shape index (κ3) is 6.49. The molecule has 0 unspecified atom stereocenters. The average molecular weight is 603 g/mol. The van der Waals surface area contributed by atoms with Gasteiger partial charge in [-0.25, -0.2) is 0 Å². The quantitative estimate of drug-likeness (QED) is 0.224. The molecule has 2 aromatic carbocycles. The number of Topliss-reactive ketones (excluding diaryl/α,β-unsaturated/α-hetero) is 1. The predicted octanol–water partition coefficient (Wildman–Crippen LogP) is 8.67. The van der Waals surface area contributed by atoms with Crippen molar-refractivity contribution >= 4 is 32.8 Å². The molecular weight excluding hydrogens is 549 g/mol. The molecule has 228 valence electrons. The molecule has 1 fully saturated rings. The minimum atomic E-state index is -2.63. The van der Waals surface area contributed by atoms with Gasteiger partial charge in [0, 0.05) is 24.7 Å². The number of carbonyl (C=O) groups is 1. The van der Waals surface area contributed by atoms with Crippen molar-refractivity contribution in [2.75, 3.05) is 6.61 Å². The second-order valence-electron chi connectivity index (χ2n) is 15.4. The van der Waals surface area contributed by atoms with E-state index in [9.17, 15) is 4.79 Å². The van der Waals surface area contributed by atoms with Crippen LogP contribution in [0.5, 0.6) is 0 Å². The van der Waals surface area contributed by atoms with Crippen LogP contribution in [0, 0.1) is 23.7 Å². The fourth-order valence-electron chi connectivity index (χ4n) is 7.03. The smallest absolute Gasteiger partial charge is 0.261 e. The zero-order chi connectivity index (χ0) is 30.9. The van der Waals surface area contributed by atoms with Crippen LogP contribution in [0.25, 0.3) is 0 Å². The molecule has 2 aliphatic carbocycles. The minimum absolute atomic E-state index is 0.0390. The van der Waals surface area contributed by atoms with Crippen molar-refractivity contribution in [3.05, 3.63) is 84.1 Å². The van der Waals surface area contributed by atoms with E-state index in [0.29, 0.717) is 30.6 Å². The Balaban J connectivity index is 1.69. The minimum Gasteiger partial charge on any atom is -0.547 e. The summed E-state index contributed by atoms with van der Waals surface area (Å²) in [7, 11) is -4.63. The van der Waals surface area contributed by atoms with Crippen molar-refractivity contribution in [3.8, 4) is 0 Å². The maximum absolute atomic E-state index is 13.5. The molecule has 0 bridgehead atoms. The van der Waals surface area contributed by atoms with Gasteiger partial charge in [0.2, 0.25) is 8.32 Å². The van der Waals surface area contributed by atoms with Gasteiger partial charge in [-0.1, -0.05) is 121 Å². The average Bonchev–Trinajstić information content (AvgIpc) is 2.90. The van der Waals surface area contributed by atoms with Crippen molar-refractivity contribution in [2.45, 2.75) is 97.8 Å². The molecule has 2 aliphatic rings. The van der Waals surface area contributed by atoms with E-state index < -0.39 is 16.6 Å². The first-order chi connectivity index (χ1) is 19.6. The van der Waals surface area contributed by atoms with Crippen LogP contribution < -0.4 is 10.4 Å². The topological polar surface area (TPSA) is 35.5 Å². The van der Waals surface area contributed by atoms with Crippen LogP contribution in [-0.2, 0) is 13.6 Å². The molecule has 5 heteroatoms. The van der Waals surface area contributed by atoms with Crippen LogP contribution in [0.1, 0.15) is 74.7 Å². The summed E-state index contributed by atoms with van der Waals surface area (Å²) >= 11 is 0. The van der Waals surface area contributed by atoms with Crippen LogP contribution in [0.4, 0.5) is 0 Å². The lowest BCUT2D eigenvalue weighted by molar-refractivity contribution is -0.130. The van der Waals surface area contributed by atoms with Gasteiger partial charge in [-0.15, -0.1) is 0 Å². The number of ketones is 1. The molecule has 0 radical (unpaired) electrons. The van der Waals surface area contributed by atoms with Crippen molar-refractivity contribution in [2.24, 2.45) is 23.7 Å². The summed E-state index contributed by atoms with van der Waals surface area (Å²) in [6.07, 6.45) is 7.16. The van der Waals surface area contributed by atoms with Crippen molar-refractivity contribution in [1.82, 2.24) is 0 Å². The molecule has 0 saturated heterocycles. The van der Waals surface area contributed by atoms with Crippen LogP contribution in [-0.4, -0.2) is 29.0 Å². The van der Waals surface area contributed by atoms with E-state index in [0.717, 1.165) is 18.6 Å². The fourth-order valence-corrected chi connectivity index (χ4v) is 12.7. The van der Waals surface area contributed by atoms with Crippen molar-refractivity contribution in [1.29, 1.82) is 0 Å². The third-order valence-electron chi connectivity index (χ3n) is 10.2. The number of rotatable bonds is 8. The molecule has 2 aromatic rings. The zero-order valence-corrected chi connectivity index (χ0v) is 29.8. The number of carbonyl (C=O) groups excluding carboxylic acids is 1. The molecule has 0 aromatic heterocycles. The first kappa shape index (κ1) is 32.7. The molecule has 0 heterocycles. The highest BCUT2D eigenvalue weighted by atomic mass is 28.4. The molecule has 42 heavy (non-hydrogen) atoms. The van der Waals surface area contributed by atoms with Gasteiger partial charge in [-0.3, -0.25) is 4.79 Å². The summed E-state index contributed by atoms with van der Waals surface area (Å²) in [6.45, 7) is 23.4. The molecule has 1 saturated carbocycles. The van der Waals surface area contributed by atoms with E-state index in [4.69, 9.17) is 8.85 Å². The van der Waals surface area contributed by atoms with Gasteiger partial charge >= 0.3 is 0 Å². The van der Waals surface area contributed by atoms with Gasteiger partial charge < -0.3 is 8.85 Å². The highest BCUT2D eigenvalue weighted by molar-refractivity contribution is 6.99. The van der Waals surface area contributed by atoms with E-state index in [-0.39, 0.29) is 21.9 Å². The molecular formula is C37H54O3Si2. The van der Waals surface area contributed by atoms with Gasteiger partial charge in [-0.05, 0) is 64.3 Å². The number of fused-ring (bicyclic) bond motifs is 1. The molecule has 0 N–H and O–H groups in total. The highest BCUT2D eigenvalue weighted by Gasteiger charge is 2.50. The summed E-state index contributed by atoms with van der Waals surface area (Å²) in [5.41, 5.74) is 1.24. The second kappa shape index (κ2) is 12.4. The lowest BCUT2D eigenvalue weighted by Gasteiger charge is -2.45. The van der Waals surface area contributed by atoms with Crippen molar-refractivity contribution < 1.29 is 13.6 Å². The Morgan fingerprint density at radius 3 is 1.90 bits per heavy atom. The maximum Gasteiger partial charge on any atom is 0.261 e. The van der Waals surface area contributed by atoms with E-state index in [1.54, 1.807) is 0 Å². The van der Waals surface area contributed by atoms with Crippen LogP contribution in [0.2, 0.25) is 23.2 Å². The summed E-state index contributed by atoms with van der Waals surface area (Å²) in [5, 5.41) is 2.62. The SMILES string of the molecule is CC1=C(O[Si](C)(C)C(C)(C)C)C[C@@H]2C[C@@H](C)CC(=O)[C@@H]2[C@H]1/C=C/CO[Si](c1ccccc1)(c1ccccc1)C(C)(C)C. The normalized spacial score (nSPS) is 24.2. The molecule has 0 aliphatic heterocycles. The zero-order valence-electron chi connectivity index (χ0n) is 27.8. The summed E-state index contributed by atoms with van der Waals surface area (Å²) < 4.78 is 14.1. The van der Waals surface area contributed by atoms with Gasteiger partial charge in [0.25, 0.3) is 8.32 Å². The van der Waals surface area contributed by atoms with Crippen LogP contribution in [0.15, 0.2) is 84.1 Å². The van der Waals surface area contributed by atoms with E-state index in [1.165, 1.54) is 15.9 Å². The van der Waals surface area contributed by atoms with Gasteiger partial charge in [0.05, 0.1) is 12.4 Å². The molecule has 4 atom stereocenters. The summed E-state index contributed by atoms with van der Waals surface area (Å²) in [4.78, 5) is 13.5. The Morgan fingerprint density at radius 1 is 0.857 bits per heavy atom. The first-order valence-corrected chi connectivity index (χ1v) is 20.7. The fraction of sp³-hybridized carbons (Fsp3) is 0.541. The Hall–Kier alpha value is -2.22. The Kier molecular flexibility index (Phi) is 9.66. The number of allylic oxidation sites excluding steroid dienone is 3. The maximum atomic E-state index is 13.5. The first-order valence-electron chi connectivity index (χ1n) is 15.9. The number of benzene rings is 2. The van der Waals surface area contributed by atoms with Crippen molar-refractivity contribution in [3.63, 3.8) is 0 Å². The van der Waals surface area contributed by atoms with Gasteiger partial charge in [0.15, 0.2) is 0 Å². The predicted molar refractivity (Wildman–Crippen MR) is 182 cm³/mol. The summed E-state index contributed by atoms with van der Waals surface area (Å²) in [5.74, 6) is 2.45. The van der Waals surface area contributed by atoms with Crippen LogP contribution >= 0.6 is 0 Å². The Labute approximate surface area is 258 Å². The Morgan fingerprint density at radius 2 is 1.40 bits per heavy atom. The Bertz CT molecular complexity index is 1240. The highest BCUT2D eigenvalue weighted by Crippen LogP contribution is 2.49. The third-order valence-corrected chi connectivity index (χ3v) is 19.6.